The third kappa shape index (κ3) is 5.50. The lowest BCUT2D eigenvalue weighted by molar-refractivity contribution is -0.124. The number of amides is 2. The maximum Gasteiger partial charge on any atom is 0.417 e. The molecule has 1 fully saturated rings. The Balaban J connectivity index is 2.44. The van der Waals surface area contributed by atoms with Crippen LogP contribution >= 0.6 is 0 Å². The van der Waals surface area contributed by atoms with Crippen LogP contribution in [0.4, 0.5) is 4.79 Å². The maximum atomic E-state index is 12.1. The van der Waals surface area contributed by atoms with Crippen molar-refractivity contribution in [2.24, 2.45) is 5.92 Å². The number of carbonyl (C=O) groups excluding carboxylic acids is 2. The summed E-state index contributed by atoms with van der Waals surface area (Å²) in [6.07, 6.45) is 6.40. The van der Waals surface area contributed by atoms with Crippen molar-refractivity contribution in [3.05, 3.63) is 12.2 Å². The average molecular weight is 297 g/mol. The molecule has 5 nitrogen and oxygen atoms in total. The summed E-state index contributed by atoms with van der Waals surface area (Å²) in [5, 5.41) is 9.78. The predicted octanol–water partition coefficient (Wildman–Crippen LogP) is 2.88. The molecule has 0 unspecified atom stereocenters. The standard InChI is InChI=1S/C16H27NO4/c1-4-5-6-8-13(18)9-7-10-15(19)17-14(12(2)3)11-21-16(17)20/h7,10,12-14,18H,4-6,8-9,11H2,1-3H3/b10-7+/t13-,14+/m0/s1. The largest absolute Gasteiger partial charge is 0.447 e. The second kappa shape index (κ2) is 8.82. The van der Waals surface area contributed by atoms with Gasteiger partial charge in [-0.3, -0.25) is 4.79 Å². The van der Waals surface area contributed by atoms with Crippen molar-refractivity contribution in [2.45, 2.75) is 65.0 Å². The van der Waals surface area contributed by atoms with Crippen LogP contribution in [0.15, 0.2) is 12.2 Å². The first kappa shape index (κ1) is 17.7. The van der Waals surface area contributed by atoms with Crippen LogP contribution in [0.5, 0.6) is 0 Å². The van der Waals surface area contributed by atoms with Crippen molar-refractivity contribution in [1.82, 2.24) is 4.90 Å². The highest BCUT2D eigenvalue weighted by Crippen LogP contribution is 2.20. The number of rotatable bonds is 8. The number of unbranched alkanes of at least 4 members (excludes halogenated alkanes) is 2. The molecule has 1 aliphatic rings. The molecule has 120 valence electrons. The van der Waals surface area contributed by atoms with Gasteiger partial charge in [0.2, 0.25) is 0 Å². The second-order valence-electron chi connectivity index (χ2n) is 5.88. The molecule has 0 aromatic heterocycles. The molecule has 1 saturated heterocycles. The Morgan fingerprint density at radius 1 is 1.48 bits per heavy atom. The van der Waals surface area contributed by atoms with Gasteiger partial charge in [-0.1, -0.05) is 46.1 Å². The summed E-state index contributed by atoms with van der Waals surface area (Å²) in [5.74, 6) is -0.203. The van der Waals surface area contributed by atoms with Gasteiger partial charge in [0, 0.05) is 0 Å². The number of nitrogens with zero attached hydrogens (tertiary/aromatic N) is 1. The van der Waals surface area contributed by atoms with Crippen molar-refractivity contribution in [2.75, 3.05) is 6.61 Å². The molecule has 2 atom stereocenters. The zero-order chi connectivity index (χ0) is 15.8. The molecule has 0 aliphatic carbocycles. The molecule has 1 heterocycles. The molecule has 1 aliphatic heterocycles. The highest BCUT2D eigenvalue weighted by molar-refractivity contribution is 5.99. The van der Waals surface area contributed by atoms with Gasteiger partial charge in [-0.25, -0.2) is 9.69 Å². The molecule has 0 spiro atoms. The lowest BCUT2D eigenvalue weighted by Gasteiger charge is -2.21. The smallest absolute Gasteiger partial charge is 0.417 e. The molecule has 1 N–H and O–H groups in total. The van der Waals surface area contributed by atoms with E-state index in [0.29, 0.717) is 6.42 Å². The van der Waals surface area contributed by atoms with Crippen molar-refractivity contribution in [3.63, 3.8) is 0 Å². The first-order chi connectivity index (χ1) is 9.97. The zero-order valence-electron chi connectivity index (χ0n) is 13.2. The Bertz CT molecular complexity index is 378. The molecule has 0 aromatic carbocycles. The van der Waals surface area contributed by atoms with E-state index in [1.54, 1.807) is 6.08 Å². The zero-order valence-corrected chi connectivity index (χ0v) is 13.2. The number of hydrogen-bond donors (Lipinski definition) is 1. The summed E-state index contributed by atoms with van der Waals surface area (Å²) in [6, 6.07) is -0.205. The van der Waals surface area contributed by atoms with Crippen LogP contribution in [0.25, 0.3) is 0 Å². The van der Waals surface area contributed by atoms with E-state index in [1.165, 1.54) is 11.0 Å². The van der Waals surface area contributed by atoms with Gasteiger partial charge < -0.3 is 9.84 Å². The Morgan fingerprint density at radius 3 is 2.81 bits per heavy atom. The Kier molecular flexibility index (Phi) is 7.43. The minimum atomic E-state index is -0.577. The first-order valence-corrected chi connectivity index (χ1v) is 7.81. The number of imide groups is 1. The number of ether oxygens (including phenoxy) is 1. The van der Waals surface area contributed by atoms with E-state index in [9.17, 15) is 14.7 Å². The molecule has 1 rings (SSSR count). The third-order valence-corrected chi connectivity index (χ3v) is 3.72. The summed E-state index contributed by atoms with van der Waals surface area (Å²) >= 11 is 0. The Labute approximate surface area is 127 Å². The quantitative estimate of drug-likeness (QED) is 0.552. The van der Waals surface area contributed by atoms with Crippen LogP contribution in [0.2, 0.25) is 0 Å². The minimum Gasteiger partial charge on any atom is -0.447 e. The normalized spacial score (nSPS) is 20.3. The van der Waals surface area contributed by atoms with Gasteiger partial charge in [0.25, 0.3) is 5.91 Å². The molecular formula is C16H27NO4. The van der Waals surface area contributed by atoms with E-state index in [2.05, 4.69) is 6.92 Å². The number of carbonyl (C=O) groups is 2. The van der Waals surface area contributed by atoms with Crippen molar-refractivity contribution >= 4 is 12.0 Å². The molecule has 2 amide bonds. The van der Waals surface area contributed by atoms with Gasteiger partial charge in [-0.05, 0) is 24.8 Å². The number of cyclic esters (lactones) is 1. The molecule has 0 radical (unpaired) electrons. The third-order valence-electron chi connectivity index (χ3n) is 3.72. The van der Waals surface area contributed by atoms with Crippen LogP contribution < -0.4 is 0 Å². The van der Waals surface area contributed by atoms with Gasteiger partial charge >= 0.3 is 6.09 Å². The molecule has 0 aromatic rings. The lowest BCUT2D eigenvalue weighted by atomic mass is 10.0. The van der Waals surface area contributed by atoms with Crippen molar-refractivity contribution in [3.8, 4) is 0 Å². The fraction of sp³-hybridized carbons (Fsp3) is 0.750. The van der Waals surface area contributed by atoms with Gasteiger partial charge in [-0.2, -0.15) is 0 Å². The summed E-state index contributed by atoms with van der Waals surface area (Å²) in [6.45, 7) is 6.28. The fourth-order valence-corrected chi connectivity index (χ4v) is 2.33. The van der Waals surface area contributed by atoms with E-state index in [4.69, 9.17) is 4.74 Å². The molecular weight excluding hydrogens is 270 g/mol. The van der Waals surface area contributed by atoms with Crippen LogP contribution in [0, 0.1) is 5.92 Å². The van der Waals surface area contributed by atoms with Crippen LogP contribution in [-0.4, -0.2) is 40.8 Å². The average Bonchev–Trinajstić information content (AvgIpc) is 2.81. The van der Waals surface area contributed by atoms with E-state index < -0.39 is 12.2 Å². The van der Waals surface area contributed by atoms with E-state index in [1.807, 2.05) is 13.8 Å². The highest BCUT2D eigenvalue weighted by atomic mass is 16.6. The SMILES string of the molecule is CCCCC[C@H](O)C/C=C/C(=O)N1C(=O)OC[C@@H]1C(C)C. The number of hydrogen-bond acceptors (Lipinski definition) is 4. The van der Waals surface area contributed by atoms with Gasteiger partial charge in [0.15, 0.2) is 0 Å². The van der Waals surface area contributed by atoms with Gasteiger partial charge in [-0.15, -0.1) is 0 Å². The minimum absolute atomic E-state index is 0.161. The van der Waals surface area contributed by atoms with Crippen LogP contribution in [-0.2, 0) is 9.53 Å². The molecule has 0 saturated carbocycles. The molecule has 21 heavy (non-hydrogen) atoms. The van der Waals surface area contributed by atoms with Crippen LogP contribution in [0.3, 0.4) is 0 Å². The Hall–Kier alpha value is -1.36. The van der Waals surface area contributed by atoms with E-state index in [0.717, 1.165) is 25.7 Å². The number of aliphatic hydroxyl groups is 1. The predicted molar refractivity (Wildman–Crippen MR) is 80.7 cm³/mol. The first-order valence-electron chi connectivity index (χ1n) is 7.81. The summed E-state index contributed by atoms with van der Waals surface area (Å²) in [7, 11) is 0. The maximum absolute atomic E-state index is 12.1. The van der Waals surface area contributed by atoms with Gasteiger partial charge in [0.05, 0.1) is 12.1 Å². The monoisotopic (exact) mass is 297 g/mol. The topological polar surface area (TPSA) is 66.8 Å². The highest BCUT2D eigenvalue weighted by Gasteiger charge is 2.38. The molecule has 0 bridgehead atoms. The van der Waals surface area contributed by atoms with Gasteiger partial charge in [0.1, 0.15) is 6.61 Å². The van der Waals surface area contributed by atoms with Crippen molar-refractivity contribution in [1.29, 1.82) is 0 Å². The molecule has 5 heteroatoms. The van der Waals surface area contributed by atoms with Crippen LogP contribution in [0.1, 0.15) is 52.9 Å². The van der Waals surface area contributed by atoms with E-state index >= 15 is 0 Å². The fourth-order valence-electron chi connectivity index (χ4n) is 2.33. The number of aliphatic hydroxyl groups excluding tert-OH is 1. The lowest BCUT2D eigenvalue weighted by Crippen LogP contribution is -2.40. The second-order valence-corrected chi connectivity index (χ2v) is 5.88. The summed E-state index contributed by atoms with van der Waals surface area (Å²) in [4.78, 5) is 24.8. The van der Waals surface area contributed by atoms with Crippen molar-refractivity contribution < 1.29 is 19.4 Å². The van der Waals surface area contributed by atoms with E-state index in [-0.39, 0.29) is 24.5 Å². The Morgan fingerprint density at radius 2 is 2.19 bits per heavy atom. The summed E-state index contributed by atoms with van der Waals surface area (Å²) in [5.41, 5.74) is 0. The summed E-state index contributed by atoms with van der Waals surface area (Å²) < 4.78 is 4.94.